The summed E-state index contributed by atoms with van der Waals surface area (Å²) in [7, 11) is 0. The number of anilines is 1. The van der Waals surface area contributed by atoms with Crippen molar-refractivity contribution in [2.75, 3.05) is 36.8 Å². The third kappa shape index (κ3) is 4.61. The molecule has 1 amide bonds. The molecule has 4 nitrogen and oxygen atoms in total. The Hall–Kier alpha value is -1.74. The minimum absolute atomic E-state index is 0.0702. The third-order valence-electron chi connectivity index (χ3n) is 3.71. The number of thioether (sulfide) groups is 1. The first-order valence-corrected chi connectivity index (χ1v) is 8.65. The van der Waals surface area contributed by atoms with Crippen LogP contribution < -0.4 is 4.90 Å². The number of hydrogen-bond donors (Lipinski definition) is 0. The van der Waals surface area contributed by atoms with E-state index in [1.807, 2.05) is 15.9 Å². The molecule has 0 aliphatic carbocycles. The first-order chi connectivity index (χ1) is 10.8. The maximum atomic E-state index is 13.7. The average molecular weight is 335 g/mol. The number of carbonyl (C=O) groups is 1. The smallest absolute Gasteiger partial charge is 0.232 e. The summed E-state index contributed by atoms with van der Waals surface area (Å²) in [5.74, 6) is 0.127. The van der Waals surface area contributed by atoms with Crippen molar-refractivity contribution in [2.45, 2.75) is 25.5 Å². The van der Waals surface area contributed by atoms with Crippen LogP contribution in [0.5, 0.6) is 0 Å². The van der Waals surface area contributed by atoms with Gasteiger partial charge >= 0.3 is 0 Å². The maximum absolute atomic E-state index is 13.7. The monoisotopic (exact) mass is 335 g/mol. The lowest BCUT2D eigenvalue weighted by molar-refractivity contribution is -0.128. The summed E-state index contributed by atoms with van der Waals surface area (Å²) >= 11 is 1.64. The molecule has 1 aliphatic rings. The predicted molar refractivity (Wildman–Crippen MR) is 92.1 cm³/mol. The molecule has 1 fully saturated rings. The number of nitriles is 1. The van der Waals surface area contributed by atoms with Crippen LogP contribution in [-0.4, -0.2) is 47.5 Å². The lowest BCUT2D eigenvalue weighted by Crippen LogP contribution is -2.49. The van der Waals surface area contributed by atoms with Crippen LogP contribution in [0, 0.1) is 17.1 Å². The third-order valence-corrected chi connectivity index (χ3v) is 4.96. The van der Waals surface area contributed by atoms with E-state index >= 15 is 0 Å². The van der Waals surface area contributed by atoms with Crippen LogP contribution in [0.3, 0.4) is 0 Å². The van der Waals surface area contributed by atoms with Gasteiger partial charge in [0.1, 0.15) is 17.4 Å². The second-order valence-corrected chi connectivity index (χ2v) is 8.32. The van der Waals surface area contributed by atoms with Crippen molar-refractivity contribution in [3.8, 4) is 6.07 Å². The Bertz CT molecular complexity index is 613. The molecule has 0 N–H and O–H groups in total. The number of rotatable bonds is 3. The Morgan fingerprint density at radius 2 is 1.96 bits per heavy atom. The lowest BCUT2D eigenvalue weighted by atomic mass is 10.1. The number of nitrogens with zero attached hydrogens (tertiary/aromatic N) is 3. The molecule has 0 atom stereocenters. The Morgan fingerprint density at radius 3 is 2.52 bits per heavy atom. The molecule has 124 valence electrons. The number of amides is 1. The van der Waals surface area contributed by atoms with Gasteiger partial charge in [0, 0.05) is 30.9 Å². The molecule has 1 aromatic rings. The second kappa shape index (κ2) is 7.22. The first-order valence-electron chi connectivity index (χ1n) is 7.67. The average Bonchev–Trinajstić information content (AvgIpc) is 2.52. The lowest BCUT2D eigenvalue weighted by Gasteiger charge is -2.36. The molecular formula is C17H22FN3OS. The van der Waals surface area contributed by atoms with E-state index in [4.69, 9.17) is 5.26 Å². The standard InChI is InChI=1S/C17H22FN3OS/c1-17(2,3)23-12-16(22)21-9-7-20(8-10-21)15-6-4-5-14(18)13(15)11-19/h4-6H,7-10,12H2,1-3H3. The molecule has 1 aromatic carbocycles. The fourth-order valence-electron chi connectivity index (χ4n) is 2.45. The predicted octanol–water partition coefficient (Wildman–Crippen LogP) is 2.88. The summed E-state index contributed by atoms with van der Waals surface area (Å²) in [6.45, 7) is 8.71. The minimum atomic E-state index is -0.495. The largest absolute Gasteiger partial charge is 0.367 e. The number of hydrogen-bond acceptors (Lipinski definition) is 4. The van der Waals surface area contributed by atoms with Crippen LogP contribution in [-0.2, 0) is 4.79 Å². The molecular weight excluding hydrogens is 313 g/mol. The normalized spacial score (nSPS) is 15.4. The topological polar surface area (TPSA) is 47.3 Å². The highest BCUT2D eigenvalue weighted by atomic mass is 32.2. The van der Waals surface area contributed by atoms with Crippen molar-refractivity contribution in [1.29, 1.82) is 5.26 Å². The van der Waals surface area contributed by atoms with Gasteiger partial charge in [-0.25, -0.2) is 4.39 Å². The van der Waals surface area contributed by atoms with Crippen molar-refractivity contribution in [3.05, 3.63) is 29.6 Å². The van der Waals surface area contributed by atoms with E-state index in [-0.39, 0.29) is 16.2 Å². The van der Waals surface area contributed by atoms with Crippen molar-refractivity contribution in [1.82, 2.24) is 4.90 Å². The van der Waals surface area contributed by atoms with E-state index in [9.17, 15) is 9.18 Å². The van der Waals surface area contributed by atoms with Gasteiger partial charge in [0.2, 0.25) is 5.91 Å². The van der Waals surface area contributed by atoms with Gasteiger partial charge in [-0.2, -0.15) is 5.26 Å². The van der Waals surface area contributed by atoms with E-state index in [0.29, 0.717) is 37.6 Å². The molecule has 1 heterocycles. The van der Waals surface area contributed by atoms with Gasteiger partial charge in [-0.3, -0.25) is 4.79 Å². The quantitative estimate of drug-likeness (QED) is 0.852. The van der Waals surface area contributed by atoms with Crippen LogP contribution in [0.15, 0.2) is 18.2 Å². The fourth-order valence-corrected chi connectivity index (χ4v) is 3.19. The van der Waals surface area contributed by atoms with Crippen molar-refractivity contribution >= 4 is 23.4 Å². The van der Waals surface area contributed by atoms with E-state index < -0.39 is 5.82 Å². The van der Waals surface area contributed by atoms with Gasteiger partial charge in [-0.05, 0) is 12.1 Å². The van der Waals surface area contributed by atoms with Gasteiger partial charge in [0.25, 0.3) is 0 Å². The molecule has 0 bridgehead atoms. The van der Waals surface area contributed by atoms with Crippen LogP contribution in [0.1, 0.15) is 26.3 Å². The van der Waals surface area contributed by atoms with Gasteiger partial charge in [0.15, 0.2) is 0 Å². The summed E-state index contributed by atoms with van der Waals surface area (Å²) in [4.78, 5) is 16.1. The number of benzene rings is 1. The molecule has 6 heteroatoms. The summed E-state index contributed by atoms with van der Waals surface area (Å²) in [6, 6.07) is 6.60. The van der Waals surface area contributed by atoms with Crippen LogP contribution in [0.25, 0.3) is 0 Å². The van der Waals surface area contributed by atoms with Crippen LogP contribution >= 0.6 is 11.8 Å². The van der Waals surface area contributed by atoms with E-state index in [1.165, 1.54) is 6.07 Å². The SMILES string of the molecule is CC(C)(C)SCC(=O)N1CCN(c2cccc(F)c2C#N)CC1. The molecule has 0 unspecified atom stereocenters. The number of halogens is 1. The van der Waals surface area contributed by atoms with Gasteiger partial charge in [0.05, 0.1) is 11.4 Å². The van der Waals surface area contributed by atoms with Gasteiger partial charge in [-0.1, -0.05) is 26.8 Å². The van der Waals surface area contributed by atoms with Crippen molar-refractivity contribution in [3.63, 3.8) is 0 Å². The zero-order valence-corrected chi connectivity index (χ0v) is 14.6. The molecule has 1 saturated heterocycles. The highest BCUT2D eigenvalue weighted by molar-refractivity contribution is 8.01. The Morgan fingerprint density at radius 1 is 1.30 bits per heavy atom. The van der Waals surface area contributed by atoms with E-state index in [0.717, 1.165) is 0 Å². The van der Waals surface area contributed by atoms with Crippen molar-refractivity contribution < 1.29 is 9.18 Å². The molecule has 2 rings (SSSR count). The fraction of sp³-hybridized carbons (Fsp3) is 0.529. The van der Waals surface area contributed by atoms with Crippen molar-refractivity contribution in [2.24, 2.45) is 0 Å². The highest BCUT2D eigenvalue weighted by Gasteiger charge is 2.24. The molecule has 0 aromatic heterocycles. The molecule has 1 aliphatic heterocycles. The summed E-state index contributed by atoms with van der Waals surface area (Å²) < 4.78 is 13.8. The Balaban J connectivity index is 1.96. The minimum Gasteiger partial charge on any atom is -0.367 e. The second-order valence-electron chi connectivity index (χ2n) is 6.51. The summed E-state index contributed by atoms with van der Waals surface area (Å²) in [5, 5.41) is 9.13. The zero-order valence-electron chi connectivity index (χ0n) is 13.8. The number of carbonyl (C=O) groups excluding carboxylic acids is 1. The Labute approximate surface area is 141 Å². The summed E-state index contributed by atoms with van der Waals surface area (Å²) in [5.41, 5.74) is 0.694. The van der Waals surface area contributed by atoms with E-state index in [1.54, 1.807) is 23.9 Å². The zero-order chi connectivity index (χ0) is 17.0. The molecule has 0 spiro atoms. The first kappa shape index (κ1) is 17.6. The summed E-state index contributed by atoms with van der Waals surface area (Å²) in [6.07, 6.45) is 0. The van der Waals surface area contributed by atoms with Crippen LogP contribution in [0.4, 0.5) is 10.1 Å². The van der Waals surface area contributed by atoms with Crippen LogP contribution in [0.2, 0.25) is 0 Å². The molecule has 0 radical (unpaired) electrons. The van der Waals surface area contributed by atoms with Gasteiger partial charge in [-0.15, -0.1) is 11.8 Å². The Kier molecular flexibility index (Phi) is 5.53. The highest BCUT2D eigenvalue weighted by Crippen LogP contribution is 2.25. The van der Waals surface area contributed by atoms with E-state index in [2.05, 4.69) is 20.8 Å². The molecule has 0 saturated carbocycles. The van der Waals surface area contributed by atoms with Gasteiger partial charge < -0.3 is 9.80 Å². The number of piperazine rings is 1. The molecule has 23 heavy (non-hydrogen) atoms. The maximum Gasteiger partial charge on any atom is 0.232 e.